The Kier molecular flexibility index (Phi) is 4.09. The summed E-state index contributed by atoms with van der Waals surface area (Å²) in [6.45, 7) is 3.65. The molecule has 2 aliphatic heterocycles. The highest BCUT2D eigenvalue weighted by molar-refractivity contribution is 7.99. The van der Waals surface area contributed by atoms with Gasteiger partial charge in [0.05, 0.1) is 5.92 Å². The number of nitrogens with zero attached hydrogens (tertiary/aromatic N) is 1. The molecule has 0 radical (unpaired) electrons. The van der Waals surface area contributed by atoms with Gasteiger partial charge in [-0.1, -0.05) is 18.2 Å². The van der Waals surface area contributed by atoms with Crippen molar-refractivity contribution in [2.45, 2.75) is 11.3 Å². The summed E-state index contributed by atoms with van der Waals surface area (Å²) in [4.78, 5) is 15.5. The highest BCUT2D eigenvalue weighted by Gasteiger charge is 2.33. The minimum absolute atomic E-state index is 0.250. The maximum absolute atomic E-state index is 12.1. The predicted molar refractivity (Wildman–Crippen MR) is 78.2 cm³/mol. The Morgan fingerprint density at radius 2 is 2.11 bits per heavy atom. The second-order valence-electron chi connectivity index (χ2n) is 5.42. The summed E-state index contributed by atoms with van der Waals surface area (Å²) in [5, 5.41) is 3.17. The average Bonchev–Trinajstić information content (AvgIpc) is 2.84. The van der Waals surface area contributed by atoms with Crippen molar-refractivity contribution >= 4 is 17.7 Å². The van der Waals surface area contributed by atoms with Crippen LogP contribution in [0.15, 0.2) is 35.2 Å². The lowest BCUT2D eigenvalue weighted by Crippen LogP contribution is -2.51. The maximum atomic E-state index is 12.1. The van der Waals surface area contributed by atoms with E-state index in [9.17, 15) is 4.79 Å². The number of carbonyl (C=O) groups is 1. The number of hydrogen-bond acceptors (Lipinski definition) is 3. The van der Waals surface area contributed by atoms with Gasteiger partial charge in [0.2, 0.25) is 5.91 Å². The van der Waals surface area contributed by atoms with Crippen LogP contribution in [-0.4, -0.2) is 42.7 Å². The van der Waals surface area contributed by atoms with Crippen molar-refractivity contribution in [3.8, 4) is 0 Å². The average molecular weight is 276 g/mol. The van der Waals surface area contributed by atoms with Crippen LogP contribution in [0.1, 0.15) is 6.42 Å². The van der Waals surface area contributed by atoms with E-state index in [1.54, 1.807) is 0 Å². The largest absolute Gasteiger partial charge is 0.342 e. The zero-order valence-corrected chi connectivity index (χ0v) is 11.9. The minimum Gasteiger partial charge on any atom is -0.342 e. The Hall–Kier alpha value is -1.00. The lowest BCUT2D eigenvalue weighted by atomic mass is 10.0. The standard InChI is InChI=1S/C15H20N2OS/c18-15(13-8-16-9-13)17-7-6-12(10-17)11-19-14-4-2-1-3-5-14/h1-5,12-13,16H,6-11H2. The number of likely N-dealkylation sites (tertiary alicyclic amines) is 1. The summed E-state index contributed by atoms with van der Waals surface area (Å²) >= 11 is 1.91. The van der Waals surface area contributed by atoms with Gasteiger partial charge in [0.15, 0.2) is 0 Å². The maximum Gasteiger partial charge on any atom is 0.228 e. The Morgan fingerprint density at radius 3 is 2.79 bits per heavy atom. The monoisotopic (exact) mass is 276 g/mol. The molecule has 0 aliphatic carbocycles. The van der Waals surface area contributed by atoms with Crippen molar-refractivity contribution in [3.63, 3.8) is 0 Å². The number of amides is 1. The van der Waals surface area contributed by atoms with E-state index >= 15 is 0 Å². The van der Waals surface area contributed by atoms with Gasteiger partial charge >= 0.3 is 0 Å². The van der Waals surface area contributed by atoms with Crippen LogP contribution in [0.2, 0.25) is 0 Å². The quantitative estimate of drug-likeness (QED) is 0.852. The molecule has 1 N–H and O–H groups in total. The molecule has 1 atom stereocenters. The topological polar surface area (TPSA) is 32.3 Å². The molecule has 102 valence electrons. The highest BCUT2D eigenvalue weighted by Crippen LogP contribution is 2.26. The van der Waals surface area contributed by atoms with E-state index in [4.69, 9.17) is 0 Å². The van der Waals surface area contributed by atoms with Gasteiger partial charge in [-0.15, -0.1) is 11.8 Å². The summed E-state index contributed by atoms with van der Waals surface area (Å²) in [5.74, 6) is 2.39. The highest BCUT2D eigenvalue weighted by atomic mass is 32.2. The molecule has 3 nitrogen and oxygen atoms in total. The van der Waals surface area contributed by atoms with Crippen molar-refractivity contribution in [1.29, 1.82) is 0 Å². The van der Waals surface area contributed by atoms with E-state index < -0.39 is 0 Å². The van der Waals surface area contributed by atoms with E-state index in [0.29, 0.717) is 11.8 Å². The molecule has 0 aromatic heterocycles. The van der Waals surface area contributed by atoms with E-state index in [2.05, 4.69) is 34.5 Å². The van der Waals surface area contributed by atoms with Crippen molar-refractivity contribution in [1.82, 2.24) is 10.2 Å². The number of hydrogen-bond donors (Lipinski definition) is 1. The molecule has 4 heteroatoms. The molecule has 1 aromatic rings. The van der Waals surface area contributed by atoms with E-state index in [1.807, 2.05) is 17.8 Å². The number of rotatable bonds is 4. The third-order valence-electron chi connectivity index (χ3n) is 3.96. The predicted octanol–water partition coefficient (Wildman–Crippen LogP) is 1.85. The SMILES string of the molecule is O=C(C1CNC1)N1CCC(CSc2ccccc2)C1. The number of nitrogens with one attached hydrogen (secondary N) is 1. The Balaban J connectivity index is 1.45. The summed E-state index contributed by atoms with van der Waals surface area (Å²) < 4.78 is 0. The fraction of sp³-hybridized carbons (Fsp3) is 0.533. The molecular weight excluding hydrogens is 256 g/mol. The number of carbonyl (C=O) groups excluding carboxylic acids is 1. The van der Waals surface area contributed by atoms with Crippen molar-refractivity contribution in [2.75, 3.05) is 31.9 Å². The molecule has 2 fully saturated rings. The molecular formula is C15H20N2OS. The first-order valence-corrected chi connectivity index (χ1v) is 7.99. The smallest absolute Gasteiger partial charge is 0.228 e. The third-order valence-corrected chi connectivity index (χ3v) is 5.20. The van der Waals surface area contributed by atoms with Crippen molar-refractivity contribution in [2.24, 2.45) is 11.8 Å². The van der Waals surface area contributed by atoms with Gasteiger partial charge in [0.1, 0.15) is 0 Å². The van der Waals surface area contributed by atoms with Gasteiger partial charge in [0, 0.05) is 36.8 Å². The van der Waals surface area contributed by atoms with Crippen LogP contribution in [0.5, 0.6) is 0 Å². The fourth-order valence-corrected chi connectivity index (χ4v) is 3.67. The first-order chi connectivity index (χ1) is 9.33. The Bertz CT molecular complexity index is 433. The van der Waals surface area contributed by atoms with E-state index in [0.717, 1.165) is 38.4 Å². The van der Waals surface area contributed by atoms with Gasteiger partial charge in [-0.3, -0.25) is 4.79 Å². The first-order valence-electron chi connectivity index (χ1n) is 7.00. The molecule has 0 bridgehead atoms. The molecule has 2 heterocycles. The van der Waals surface area contributed by atoms with Crippen LogP contribution in [0.4, 0.5) is 0 Å². The van der Waals surface area contributed by atoms with E-state index in [-0.39, 0.29) is 5.92 Å². The minimum atomic E-state index is 0.250. The fourth-order valence-electron chi connectivity index (χ4n) is 2.62. The number of benzene rings is 1. The summed E-state index contributed by atoms with van der Waals surface area (Å²) in [6.07, 6.45) is 1.16. The van der Waals surface area contributed by atoms with Crippen LogP contribution >= 0.6 is 11.8 Å². The summed E-state index contributed by atoms with van der Waals surface area (Å²) in [6, 6.07) is 10.5. The van der Waals surface area contributed by atoms with Crippen LogP contribution in [0, 0.1) is 11.8 Å². The molecule has 1 unspecified atom stereocenters. The molecule has 0 spiro atoms. The number of thioether (sulfide) groups is 1. The van der Waals surface area contributed by atoms with Gasteiger partial charge in [-0.05, 0) is 24.5 Å². The zero-order valence-electron chi connectivity index (χ0n) is 11.0. The molecule has 0 saturated carbocycles. The molecule has 3 rings (SSSR count). The van der Waals surface area contributed by atoms with Crippen molar-refractivity contribution in [3.05, 3.63) is 30.3 Å². The third kappa shape index (κ3) is 3.12. The molecule has 2 saturated heterocycles. The summed E-state index contributed by atoms with van der Waals surface area (Å²) in [5.41, 5.74) is 0. The van der Waals surface area contributed by atoms with Gasteiger partial charge in [-0.25, -0.2) is 0 Å². The molecule has 1 amide bonds. The van der Waals surface area contributed by atoms with Crippen molar-refractivity contribution < 1.29 is 4.79 Å². The van der Waals surface area contributed by atoms with Gasteiger partial charge < -0.3 is 10.2 Å². The van der Waals surface area contributed by atoms with Crippen LogP contribution in [0.3, 0.4) is 0 Å². The molecule has 19 heavy (non-hydrogen) atoms. The second kappa shape index (κ2) is 5.97. The Labute approximate surface area is 118 Å². The van der Waals surface area contributed by atoms with Gasteiger partial charge in [-0.2, -0.15) is 0 Å². The second-order valence-corrected chi connectivity index (χ2v) is 6.51. The first kappa shape index (κ1) is 13.0. The molecule has 1 aromatic carbocycles. The Morgan fingerprint density at radius 1 is 1.32 bits per heavy atom. The van der Waals surface area contributed by atoms with Crippen LogP contribution in [-0.2, 0) is 4.79 Å². The van der Waals surface area contributed by atoms with E-state index in [1.165, 1.54) is 4.90 Å². The van der Waals surface area contributed by atoms with Crippen LogP contribution in [0.25, 0.3) is 0 Å². The molecule has 2 aliphatic rings. The zero-order chi connectivity index (χ0) is 13.1. The summed E-state index contributed by atoms with van der Waals surface area (Å²) in [7, 11) is 0. The normalized spacial score (nSPS) is 23.4. The van der Waals surface area contributed by atoms with Crippen LogP contribution < -0.4 is 5.32 Å². The lowest BCUT2D eigenvalue weighted by Gasteiger charge is -2.30. The van der Waals surface area contributed by atoms with Gasteiger partial charge in [0.25, 0.3) is 0 Å². The lowest BCUT2D eigenvalue weighted by molar-refractivity contribution is -0.136.